The van der Waals surface area contributed by atoms with Crippen LogP contribution in [0.5, 0.6) is 0 Å². The van der Waals surface area contributed by atoms with E-state index in [1.54, 1.807) is 7.11 Å². The van der Waals surface area contributed by atoms with Crippen LogP contribution in [0.1, 0.15) is 39.4 Å². The monoisotopic (exact) mass is 265 g/mol. The van der Waals surface area contributed by atoms with Crippen molar-refractivity contribution in [2.24, 2.45) is 5.92 Å². The number of hydrogen-bond acceptors (Lipinski definition) is 3. The third-order valence-corrected chi connectivity index (χ3v) is 3.14. The molecule has 0 aromatic carbocycles. The Kier molecular flexibility index (Phi) is 6.81. The summed E-state index contributed by atoms with van der Waals surface area (Å²) in [5.41, 5.74) is 2.56. The third kappa shape index (κ3) is 5.17. The zero-order valence-corrected chi connectivity index (χ0v) is 12.8. The van der Waals surface area contributed by atoms with Crippen molar-refractivity contribution in [3.63, 3.8) is 0 Å². The van der Waals surface area contributed by atoms with Gasteiger partial charge in [-0.2, -0.15) is 0 Å². The fourth-order valence-electron chi connectivity index (χ4n) is 1.88. The van der Waals surface area contributed by atoms with Gasteiger partial charge in [0.25, 0.3) is 0 Å². The second-order valence-corrected chi connectivity index (χ2v) is 5.36. The molecule has 4 heteroatoms. The maximum absolute atomic E-state index is 5.04. The Bertz CT molecular complexity index is 394. The van der Waals surface area contributed by atoms with Crippen molar-refractivity contribution in [2.75, 3.05) is 26.8 Å². The lowest BCUT2D eigenvalue weighted by molar-refractivity contribution is 0.200. The van der Waals surface area contributed by atoms with Gasteiger partial charge in [-0.25, -0.2) is 4.98 Å². The molecule has 0 unspecified atom stereocenters. The Morgan fingerprint density at radius 1 is 1.42 bits per heavy atom. The average molecular weight is 265 g/mol. The molecular formula is C15H27N3O. The second kappa shape index (κ2) is 8.12. The molecule has 0 spiro atoms. The Labute approximate surface area is 116 Å². The molecule has 0 atom stereocenters. The van der Waals surface area contributed by atoms with Crippen molar-refractivity contribution in [2.45, 2.75) is 33.7 Å². The van der Waals surface area contributed by atoms with Crippen LogP contribution in [0.25, 0.3) is 6.08 Å². The first-order chi connectivity index (χ1) is 9.06. The Balaban J connectivity index is 2.74. The smallest absolute Gasteiger partial charge is 0.0953 e. The van der Waals surface area contributed by atoms with Gasteiger partial charge in [0.1, 0.15) is 0 Å². The van der Waals surface area contributed by atoms with Crippen LogP contribution in [-0.2, 0) is 4.74 Å². The normalized spacial score (nSPS) is 12.7. The summed E-state index contributed by atoms with van der Waals surface area (Å²) in [6.07, 6.45) is 6.07. The minimum Gasteiger partial charge on any atom is -0.383 e. The van der Waals surface area contributed by atoms with Crippen molar-refractivity contribution in [1.29, 1.82) is 0 Å². The molecule has 0 aliphatic rings. The first-order valence-corrected chi connectivity index (χ1v) is 6.98. The Hall–Kier alpha value is -1.13. The molecule has 0 aliphatic carbocycles. The van der Waals surface area contributed by atoms with Gasteiger partial charge in [-0.15, -0.1) is 0 Å². The van der Waals surface area contributed by atoms with Crippen LogP contribution in [0.3, 0.4) is 0 Å². The predicted octanol–water partition coefficient (Wildman–Crippen LogP) is 2.74. The highest BCUT2D eigenvalue weighted by atomic mass is 16.5. The number of imidazole rings is 1. The quantitative estimate of drug-likeness (QED) is 0.735. The Morgan fingerprint density at radius 3 is 2.74 bits per heavy atom. The summed E-state index contributed by atoms with van der Waals surface area (Å²) in [4.78, 5) is 4.24. The third-order valence-electron chi connectivity index (χ3n) is 3.14. The van der Waals surface area contributed by atoms with Gasteiger partial charge >= 0.3 is 0 Å². The van der Waals surface area contributed by atoms with Gasteiger partial charge in [0, 0.05) is 26.2 Å². The summed E-state index contributed by atoms with van der Waals surface area (Å²) in [7, 11) is 1.72. The van der Waals surface area contributed by atoms with Crippen LogP contribution in [0.15, 0.2) is 18.1 Å². The minimum absolute atomic E-state index is 0.434. The number of ether oxygens (including phenoxy) is 1. The fraction of sp³-hybridized carbons (Fsp3) is 0.667. The maximum Gasteiger partial charge on any atom is 0.0953 e. The summed E-state index contributed by atoms with van der Waals surface area (Å²) in [5, 5.41) is 3.41. The summed E-state index contributed by atoms with van der Waals surface area (Å²) in [6.45, 7) is 11.3. The standard InChI is InChI=1S/C15H27N3O/c1-12(2)14(9-16-6-7-19-5)8-15-10-17-11-18(15)13(3)4/h8,10-13,16H,6-7,9H2,1-5H3. The topological polar surface area (TPSA) is 39.1 Å². The van der Waals surface area contributed by atoms with Crippen molar-refractivity contribution in [3.8, 4) is 0 Å². The lowest BCUT2D eigenvalue weighted by atomic mass is 10.0. The van der Waals surface area contributed by atoms with Gasteiger partial charge in [-0.3, -0.25) is 0 Å². The molecule has 4 nitrogen and oxygen atoms in total. The highest BCUT2D eigenvalue weighted by Crippen LogP contribution is 2.16. The first-order valence-electron chi connectivity index (χ1n) is 6.98. The molecule has 0 radical (unpaired) electrons. The van der Waals surface area contributed by atoms with E-state index in [4.69, 9.17) is 4.74 Å². The van der Waals surface area contributed by atoms with E-state index in [0.29, 0.717) is 12.0 Å². The largest absolute Gasteiger partial charge is 0.383 e. The average Bonchev–Trinajstić information content (AvgIpc) is 2.81. The highest BCUT2D eigenvalue weighted by molar-refractivity contribution is 5.49. The molecule has 1 aromatic heterocycles. The SMILES string of the molecule is COCCNCC(=Cc1cncn1C(C)C)C(C)C. The van der Waals surface area contributed by atoms with Crippen LogP contribution >= 0.6 is 0 Å². The van der Waals surface area contributed by atoms with Crippen molar-refractivity contribution in [1.82, 2.24) is 14.9 Å². The van der Waals surface area contributed by atoms with Crippen molar-refractivity contribution < 1.29 is 4.74 Å². The molecule has 0 fully saturated rings. The number of hydrogen-bond donors (Lipinski definition) is 1. The molecule has 0 saturated heterocycles. The lowest BCUT2D eigenvalue weighted by Crippen LogP contribution is -2.23. The van der Waals surface area contributed by atoms with E-state index < -0.39 is 0 Å². The first kappa shape index (κ1) is 15.9. The lowest BCUT2D eigenvalue weighted by Gasteiger charge is -2.15. The molecule has 1 aromatic rings. The van der Waals surface area contributed by atoms with E-state index in [0.717, 1.165) is 19.7 Å². The van der Waals surface area contributed by atoms with E-state index in [1.165, 1.54) is 11.3 Å². The molecule has 19 heavy (non-hydrogen) atoms. The number of nitrogens with one attached hydrogen (secondary N) is 1. The summed E-state index contributed by atoms with van der Waals surface area (Å²) < 4.78 is 7.24. The molecule has 0 bridgehead atoms. The highest BCUT2D eigenvalue weighted by Gasteiger charge is 2.07. The Morgan fingerprint density at radius 2 is 2.16 bits per heavy atom. The maximum atomic E-state index is 5.04. The molecule has 1 rings (SSSR count). The van der Waals surface area contributed by atoms with E-state index in [2.05, 4.69) is 48.6 Å². The van der Waals surface area contributed by atoms with E-state index in [1.807, 2.05) is 12.5 Å². The van der Waals surface area contributed by atoms with E-state index >= 15 is 0 Å². The molecule has 1 N–H and O–H groups in total. The van der Waals surface area contributed by atoms with Crippen LogP contribution in [0, 0.1) is 5.92 Å². The summed E-state index contributed by atoms with van der Waals surface area (Å²) >= 11 is 0. The van der Waals surface area contributed by atoms with Gasteiger partial charge in [-0.1, -0.05) is 19.4 Å². The van der Waals surface area contributed by atoms with Gasteiger partial charge in [0.2, 0.25) is 0 Å². The van der Waals surface area contributed by atoms with Gasteiger partial charge < -0.3 is 14.6 Å². The van der Waals surface area contributed by atoms with E-state index in [9.17, 15) is 0 Å². The molecule has 108 valence electrons. The summed E-state index contributed by atoms with van der Waals surface area (Å²) in [5.74, 6) is 0.519. The molecule has 0 aliphatic heterocycles. The summed E-state index contributed by atoms with van der Waals surface area (Å²) in [6, 6.07) is 0.434. The van der Waals surface area contributed by atoms with Crippen LogP contribution in [0.4, 0.5) is 0 Å². The molecule has 0 amide bonds. The van der Waals surface area contributed by atoms with Crippen molar-refractivity contribution >= 4 is 6.08 Å². The number of nitrogens with zero attached hydrogens (tertiary/aromatic N) is 2. The van der Waals surface area contributed by atoms with Gasteiger partial charge in [0.15, 0.2) is 0 Å². The van der Waals surface area contributed by atoms with Crippen LogP contribution in [-0.4, -0.2) is 36.4 Å². The van der Waals surface area contributed by atoms with E-state index in [-0.39, 0.29) is 0 Å². The number of methoxy groups -OCH3 is 1. The fourth-order valence-corrected chi connectivity index (χ4v) is 1.88. The number of aromatic nitrogens is 2. The molecule has 1 heterocycles. The van der Waals surface area contributed by atoms with Crippen LogP contribution < -0.4 is 5.32 Å². The molecule has 0 saturated carbocycles. The van der Waals surface area contributed by atoms with Crippen molar-refractivity contribution in [3.05, 3.63) is 23.8 Å². The molecular weight excluding hydrogens is 238 g/mol. The van der Waals surface area contributed by atoms with Crippen LogP contribution in [0.2, 0.25) is 0 Å². The number of rotatable bonds is 8. The minimum atomic E-state index is 0.434. The van der Waals surface area contributed by atoms with Gasteiger partial charge in [0.05, 0.1) is 24.8 Å². The zero-order valence-electron chi connectivity index (χ0n) is 12.8. The predicted molar refractivity (Wildman–Crippen MR) is 80.2 cm³/mol. The second-order valence-electron chi connectivity index (χ2n) is 5.36. The zero-order chi connectivity index (χ0) is 14.3. The van der Waals surface area contributed by atoms with Gasteiger partial charge in [-0.05, 0) is 25.8 Å².